The lowest BCUT2D eigenvalue weighted by molar-refractivity contribution is -0.114. The van der Waals surface area contributed by atoms with Gasteiger partial charge in [-0.25, -0.2) is 9.97 Å². The SMILES string of the molecule is COc1cccc2sc(N(CCCn3ccnc3)C(=O)C=Cc3cccs3)nc12. The number of thiophene rings is 1. The van der Waals surface area contributed by atoms with Gasteiger partial charge in [0.05, 0.1) is 18.1 Å². The van der Waals surface area contributed by atoms with Crippen molar-refractivity contribution in [1.82, 2.24) is 14.5 Å². The minimum absolute atomic E-state index is 0.0814. The van der Waals surface area contributed by atoms with E-state index in [1.807, 2.05) is 52.6 Å². The first-order valence-corrected chi connectivity index (χ1v) is 10.9. The fourth-order valence-electron chi connectivity index (χ4n) is 2.95. The largest absolute Gasteiger partial charge is 0.494 e. The van der Waals surface area contributed by atoms with Gasteiger partial charge in [-0.2, -0.15) is 0 Å². The molecule has 0 spiro atoms. The molecule has 0 saturated heterocycles. The maximum absolute atomic E-state index is 13.0. The molecule has 29 heavy (non-hydrogen) atoms. The van der Waals surface area contributed by atoms with E-state index in [0.717, 1.165) is 28.1 Å². The third-order valence-electron chi connectivity index (χ3n) is 4.38. The van der Waals surface area contributed by atoms with Gasteiger partial charge in [-0.15, -0.1) is 11.3 Å². The van der Waals surface area contributed by atoms with Crippen molar-refractivity contribution in [2.45, 2.75) is 13.0 Å². The molecule has 0 saturated carbocycles. The quantitative estimate of drug-likeness (QED) is 0.385. The zero-order valence-corrected chi connectivity index (χ0v) is 17.5. The molecule has 0 N–H and O–H groups in total. The highest BCUT2D eigenvalue weighted by Gasteiger charge is 2.19. The number of rotatable bonds is 8. The maximum atomic E-state index is 13.0. The number of benzene rings is 1. The second-order valence-electron chi connectivity index (χ2n) is 6.30. The van der Waals surface area contributed by atoms with E-state index in [4.69, 9.17) is 9.72 Å². The van der Waals surface area contributed by atoms with Gasteiger partial charge in [0.2, 0.25) is 0 Å². The van der Waals surface area contributed by atoms with Crippen molar-refractivity contribution >= 4 is 50.0 Å². The molecule has 0 aliphatic carbocycles. The van der Waals surface area contributed by atoms with Gasteiger partial charge in [0.25, 0.3) is 5.91 Å². The van der Waals surface area contributed by atoms with Crippen LogP contribution in [0.4, 0.5) is 5.13 Å². The topological polar surface area (TPSA) is 60.2 Å². The normalized spacial score (nSPS) is 11.3. The number of imidazole rings is 1. The lowest BCUT2D eigenvalue weighted by Gasteiger charge is -2.18. The number of methoxy groups -OCH3 is 1. The second-order valence-corrected chi connectivity index (χ2v) is 8.28. The van der Waals surface area contributed by atoms with E-state index in [2.05, 4.69) is 4.98 Å². The summed E-state index contributed by atoms with van der Waals surface area (Å²) in [6.07, 6.45) is 9.72. The molecule has 0 atom stereocenters. The van der Waals surface area contributed by atoms with Crippen molar-refractivity contribution < 1.29 is 9.53 Å². The Kier molecular flexibility index (Phi) is 6.02. The molecule has 0 fully saturated rings. The number of carbonyl (C=O) groups excluding carboxylic acids is 1. The van der Waals surface area contributed by atoms with Crippen LogP contribution in [0.1, 0.15) is 11.3 Å². The molecule has 4 rings (SSSR count). The minimum atomic E-state index is -0.0814. The number of anilines is 1. The second kappa shape index (κ2) is 9.02. The predicted octanol–water partition coefficient (Wildman–Crippen LogP) is 4.70. The minimum Gasteiger partial charge on any atom is -0.494 e. The van der Waals surface area contributed by atoms with Crippen LogP contribution in [0, 0.1) is 0 Å². The highest BCUT2D eigenvalue weighted by atomic mass is 32.1. The molecule has 0 radical (unpaired) electrons. The molecule has 4 aromatic rings. The Morgan fingerprint density at radius 1 is 1.31 bits per heavy atom. The van der Waals surface area contributed by atoms with Crippen LogP contribution in [0.3, 0.4) is 0 Å². The molecule has 0 unspecified atom stereocenters. The van der Waals surface area contributed by atoms with Crippen LogP contribution in [-0.2, 0) is 11.3 Å². The van der Waals surface area contributed by atoms with Gasteiger partial charge in [-0.05, 0) is 36.1 Å². The third kappa shape index (κ3) is 4.55. The highest BCUT2D eigenvalue weighted by Crippen LogP contribution is 2.34. The first-order chi connectivity index (χ1) is 14.2. The number of hydrogen-bond donors (Lipinski definition) is 0. The number of thiazole rings is 1. The van der Waals surface area contributed by atoms with Crippen LogP contribution in [0.25, 0.3) is 16.3 Å². The van der Waals surface area contributed by atoms with Crippen molar-refractivity contribution in [2.24, 2.45) is 0 Å². The molecule has 6 nitrogen and oxygen atoms in total. The summed E-state index contributed by atoms with van der Waals surface area (Å²) in [4.78, 5) is 24.6. The summed E-state index contributed by atoms with van der Waals surface area (Å²) >= 11 is 3.10. The van der Waals surface area contributed by atoms with Gasteiger partial charge >= 0.3 is 0 Å². The molecule has 1 aromatic carbocycles. The van der Waals surface area contributed by atoms with E-state index in [9.17, 15) is 4.79 Å². The van der Waals surface area contributed by atoms with Crippen molar-refractivity contribution in [3.63, 3.8) is 0 Å². The number of para-hydroxylation sites is 1. The number of aryl methyl sites for hydroxylation is 1. The molecule has 3 heterocycles. The van der Waals surface area contributed by atoms with E-state index < -0.39 is 0 Å². The number of aromatic nitrogens is 3. The van der Waals surface area contributed by atoms with E-state index >= 15 is 0 Å². The van der Waals surface area contributed by atoms with Crippen molar-refractivity contribution in [3.05, 3.63) is 65.4 Å². The van der Waals surface area contributed by atoms with Crippen LogP contribution in [-0.4, -0.2) is 34.1 Å². The maximum Gasteiger partial charge on any atom is 0.252 e. The number of carbonyl (C=O) groups is 1. The van der Waals surface area contributed by atoms with Crippen molar-refractivity contribution in [1.29, 1.82) is 0 Å². The number of hydrogen-bond acceptors (Lipinski definition) is 6. The van der Waals surface area contributed by atoms with Crippen molar-refractivity contribution in [3.8, 4) is 5.75 Å². The van der Waals surface area contributed by atoms with Gasteiger partial charge in [0.1, 0.15) is 11.3 Å². The monoisotopic (exact) mass is 424 g/mol. The van der Waals surface area contributed by atoms with E-state index in [-0.39, 0.29) is 5.91 Å². The Morgan fingerprint density at radius 3 is 3.00 bits per heavy atom. The highest BCUT2D eigenvalue weighted by molar-refractivity contribution is 7.22. The van der Waals surface area contributed by atoms with Crippen LogP contribution >= 0.6 is 22.7 Å². The van der Waals surface area contributed by atoms with Gasteiger partial charge in [0, 0.05) is 36.4 Å². The zero-order valence-electron chi connectivity index (χ0n) is 15.9. The average molecular weight is 425 g/mol. The predicted molar refractivity (Wildman–Crippen MR) is 119 cm³/mol. The summed E-state index contributed by atoms with van der Waals surface area (Å²) in [5, 5.41) is 2.67. The standard InChI is InChI=1S/C21H20N4O2S2/c1-27-17-6-2-7-18-20(17)23-21(29-18)25(12-4-11-24-13-10-22-15-24)19(26)9-8-16-5-3-14-28-16/h2-3,5-10,13-15H,4,11-12H2,1H3. The first-order valence-electron chi connectivity index (χ1n) is 9.17. The van der Waals surface area contributed by atoms with Crippen LogP contribution in [0.5, 0.6) is 5.75 Å². The number of nitrogens with zero attached hydrogens (tertiary/aromatic N) is 4. The Labute approximate surface area is 176 Å². The third-order valence-corrected chi connectivity index (χ3v) is 6.26. The van der Waals surface area contributed by atoms with E-state index in [1.54, 1.807) is 41.9 Å². The van der Waals surface area contributed by atoms with Gasteiger partial charge in [-0.3, -0.25) is 9.69 Å². The zero-order chi connectivity index (χ0) is 20.1. The molecule has 3 aromatic heterocycles. The lowest BCUT2D eigenvalue weighted by Crippen LogP contribution is -2.30. The number of ether oxygens (including phenoxy) is 1. The molecule has 8 heteroatoms. The number of amides is 1. The summed E-state index contributed by atoms with van der Waals surface area (Å²) in [5.74, 6) is 0.631. The summed E-state index contributed by atoms with van der Waals surface area (Å²) in [6, 6.07) is 9.77. The fraction of sp³-hybridized carbons (Fsp3) is 0.190. The summed E-state index contributed by atoms with van der Waals surface area (Å²) < 4.78 is 8.43. The smallest absolute Gasteiger partial charge is 0.252 e. The Bertz CT molecular complexity index is 1100. The lowest BCUT2D eigenvalue weighted by atomic mass is 10.3. The molecule has 0 aliphatic rings. The number of fused-ring (bicyclic) bond motifs is 1. The van der Waals surface area contributed by atoms with Crippen molar-refractivity contribution in [2.75, 3.05) is 18.6 Å². The molecule has 0 bridgehead atoms. The first kappa shape index (κ1) is 19.4. The fourth-order valence-corrected chi connectivity index (χ4v) is 4.58. The summed E-state index contributed by atoms with van der Waals surface area (Å²) in [7, 11) is 1.63. The Morgan fingerprint density at radius 2 is 2.24 bits per heavy atom. The van der Waals surface area contributed by atoms with Gasteiger partial charge in [-0.1, -0.05) is 23.5 Å². The Balaban J connectivity index is 1.59. The molecule has 0 aliphatic heterocycles. The van der Waals surface area contributed by atoms with Crippen LogP contribution in [0.2, 0.25) is 0 Å². The van der Waals surface area contributed by atoms with E-state index in [0.29, 0.717) is 17.4 Å². The van der Waals surface area contributed by atoms with Crippen LogP contribution in [0.15, 0.2) is 60.5 Å². The van der Waals surface area contributed by atoms with Crippen LogP contribution < -0.4 is 9.64 Å². The average Bonchev–Trinajstić information content (AvgIpc) is 3.50. The van der Waals surface area contributed by atoms with Gasteiger partial charge < -0.3 is 9.30 Å². The molecule has 1 amide bonds. The van der Waals surface area contributed by atoms with E-state index in [1.165, 1.54) is 11.3 Å². The molecule has 148 valence electrons. The molecular weight excluding hydrogens is 404 g/mol. The Hall–Kier alpha value is -2.97. The summed E-state index contributed by atoms with van der Waals surface area (Å²) in [5.41, 5.74) is 0.782. The molecular formula is C21H20N4O2S2. The summed E-state index contributed by atoms with van der Waals surface area (Å²) in [6.45, 7) is 1.35. The van der Waals surface area contributed by atoms with Gasteiger partial charge in [0.15, 0.2) is 5.13 Å².